The number of para-hydroxylation sites is 1. The number of thiocarbonyl (C=S) groups is 1. The quantitative estimate of drug-likeness (QED) is 0.109. The molecule has 3 aromatic rings. The number of fused-ring (bicyclic) bond motifs is 1. The Morgan fingerprint density at radius 2 is 1.55 bits per heavy atom. The van der Waals surface area contributed by atoms with Crippen LogP contribution in [-0.4, -0.2) is 31.1 Å². The zero-order valence-electron chi connectivity index (χ0n) is 23.8. The first-order chi connectivity index (χ1) is 19.4. The summed E-state index contributed by atoms with van der Waals surface area (Å²) in [5.74, 6) is 0.616. The Kier molecular flexibility index (Phi) is 10.9. The second-order valence-electron chi connectivity index (χ2n) is 10.4. The third-order valence-electron chi connectivity index (χ3n) is 7.23. The van der Waals surface area contributed by atoms with Gasteiger partial charge in [0.15, 0.2) is 0 Å². The number of amides is 1. The normalized spacial score (nSPS) is 14.6. The fraction of sp³-hybridized carbons (Fsp3) is 0.438. The number of pyridine rings is 1. The van der Waals surface area contributed by atoms with Gasteiger partial charge in [-0.15, -0.1) is 0 Å². The molecule has 0 atom stereocenters. The fourth-order valence-corrected chi connectivity index (χ4v) is 6.14. The van der Waals surface area contributed by atoms with Gasteiger partial charge < -0.3 is 4.74 Å². The first-order valence-corrected chi connectivity index (χ1v) is 15.6. The van der Waals surface area contributed by atoms with Crippen LogP contribution in [0.2, 0.25) is 0 Å². The molecule has 0 saturated carbocycles. The molecule has 1 aromatic carbocycles. The monoisotopic (exact) mass is 577 g/mol. The molecule has 1 saturated heterocycles. The van der Waals surface area contributed by atoms with Crippen molar-refractivity contribution < 1.29 is 9.53 Å². The van der Waals surface area contributed by atoms with E-state index in [0.29, 0.717) is 27.2 Å². The van der Waals surface area contributed by atoms with Gasteiger partial charge in [0.1, 0.15) is 21.3 Å². The molecular weight excluding hydrogens is 539 g/mol. The third-order valence-corrected chi connectivity index (χ3v) is 8.61. The minimum atomic E-state index is -0.294. The Bertz CT molecular complexity index is 1450. The van der Waals surface area contributed by atoms with E-state index in [1.165, 1.54) is 67.5 Å². The molecule has 1 aliphatic heterocycles. The van der Waals surface area contributed by atoms with Gasteiger partial charge in [-0.25, -0.2) is 0 Å². The van der Waals surface area contributed by atoms with Crippen molar-refractivity contribution >= 4 is 45.9 Å². The van der Waals surface area contributed by atoms with Crippen LogP contribution in [0, 0.1) is 13.8 Å². The summed E-state index contributed by atoms with van der Waals surface area (Å²) < 4.78 is 8.21. The molecule has 0 unspecified atom stereocenters. The molecule has 0 spiro atoms. The summed E-state index contributed by atoms with van der Waals surface area (Å²) in [6.45, 7) is 6.68. The molecule has 2 aromatic heterocycles. The van der Waals surface area contributed by atoms with Crippen molar-refractivity contribution in [3.8, 4) is 11.6 Å². The summed E-state index contributed by atoms with van der Waals surface area (Å²) in [5, 5.41) is 0. The number of rotatable bonds is 14. The minimum Gasteiger partial charge on any atom is -0.438 e. The summed E-state index contributed by atoms with van der Waals surface area (Å²) in [6, 6.07) is 11.3. The van der Waals surface area contributed by atoms with E-state index in [1.54, 1.807) is 17.2 Å². The van der Waals surface area contributed by atoms with Crippen molar-refractivity contribution in [1.29, 1.82) is 0 Å². The molecule has 0 bridgehead atoms. The zero-order valence-corrected chi connectivity index (χ0v) is 25.4. The standard InChI is InChI=1S/C32H39N3O3S2/c1-4-5-6-7-8-9-10-11-12-15-20-35-31(37)27(40-32(35)39)22-25-29(38-26-19-14-13-17-23(26)2)33-28-24(3)18-16-21-34(28)30(25)36/h13-14,16-19,21-22H,4-12,15,20H2,1-3H3/b27-22+. The number of benzene rings is 1. The number of aromatic nitrogens is 2. The van der Waals surface area contributed by atoms with Gasteiger partial charge in [-0.3, -0.25) is 18.9 Å². The van der Waals surface area contributed by atoms with Gasteiger partial charge >= 0.3 is 0 Å². The maximum absolute atomic E-state index is 13.6. The molecule has 1 fully saturated rings. The molecule has 40 heavy (non-hydrogen) atoms. The molecule has 6 nitrogen and oxygen atoms in total. The highest BCUT2D eigenvalue weighted by Gasteiger charge is 2.32. The van der Waals surface area contributed by atoms with Crippen molar-refractivity contribution in [2.45, 2.75) is 85.0 Å². The molecule has 212 valence electrons. The van der Waals surface area contributed by atoms with E-state index < -0.39 is 0 Å². The lowest BCUT2D eigenvalue weighted by atomic mass is 10.1. The first kappa shape index (κ1) is 30.0. The number of carbonyl (C=O) groups is 1. The van der Waals surface area contributed by atoms with E-state index in [9.17, 15) is 9.59 Å². The highest BCUT2D eigenvalue weighted by atomic mass is 32.2. The Balaban J connectivity index is 1.48. The molecule has 1 amide bonds. The Hall–Kier alpha value is -2.97. The second kappa shape index (κ2) is 14.6. The maximum atomic E-state index is 13.6. The molecular formula is C32H39N3O3S2. The van der Waals surface area contributed by atoms with Crippen molar-refractivity contribution in [3.05, 3.63) is 74.5 Å². The van der Waals surface area contributed by atoms with Gasteiger partial charge in [-0.2, -0.15) is 4.98 Å². The van der Waals surface area contributed by atoms with E-state index in [-0.39, 0.29) is 22.9 Å². The van der Waals surface area contributed by atoms with Crippen LogP contribution in [0.5, 0.6) is 11.6 Å². The predicted octanol–water partition coefficient (Wildman–Crippen LogP) is 8.23. The van der Waals surface area contributed by atoms with Crippen molar-refractivity contribution in [2.75, 3.05) is 6.54 Å². The largest absolute Gasteiger partial charge is 0.438 e. The highest BCUT2D eigenvalue weighted by Crippen LogP contribution is 2.35. The summed E-state index contributed by atoms with van der Waals surface area (Å²) >= 11 is 6.79. The number of ether oxygens (including phenoxy) is 1. The maximum Gasteiger partial charge on any atom is 0.269 e. The lowest BCUT2D eigenvalue weighted by Crippen LogP contribution is -2.29. The SMILES string of the molecule is CCCCCCCCCCCCN1C(=O)/C(=C\c2c(Oc3ccccc3C)nc3c(C)cccn3c2=O)SC1=S. The summed E-state index contributed by atoms with van der Waals surface area (Å²) in [6.07, 6.45) is 15.6. The van der Waals surface area contributed by atoms with E-state index in [4.69, 9.17) is 21.9 Å². The van der Waals surface area contributed by atoms with Crippen LogP contribution >= 0.6 is 24.0 Å². The Morgan fingerprint density at radius 3 is 2.25 bits per heavy atom. The summed E-state index contributed by atoms with van der Waals surface area (Å²) in [7, 11) is 0. The van der Waals surface area contributed by atoms with E-state index >= 15 is 0 Å². The minimum absolute atomic E-state index is 0.165. The van der Waals surface area contributed by atoms with Crippen LogP contribution in [0.4, 0.5) is 0 Å². The lowest BCUT2D eigenvalue weighted by Gasteiger charge is -2.14. The van der Waals surface area contributed by atoms with Gasteiger partial charge in [0.05, 0.1) is 4.91 Å². The Labute approximate surface area is 246 Å². The number of unbranched alkanes of at least 4 members (excludes halogenated alkanes) is 9. The van der Waals surface area contributed by atoms with Crippen molar-refractivity contribution in [3.63, 3.8) is 0 Å². The van der Waals surface area contributed by atoms with E-state index in [0.717, 1.165) is 24.0 Å². The molecule has 0 aliphatic carbocycles. The molecule has 0 radical (unpaired) electrons. The van der Waals surface area contributed by atoms with Gasteiger partial charge in [-0.05, 0) is 49.6 Å². The number of hydrogen-bond acceptors (Lipinski definition) is 6. The second-order valence-corrected chi connectivity index (χ2v) is 12.1. The number of thioether (sulfide) groups is 1. The van der Waals surface area contributed by atoms with Crippen LogP contribution in [-0.2, 0) is 4.79 Å². The number of carbonyl (C=O) groups excluding carboxylic acids is 1. The molecule has 4 rings (SSSR count). The smallest absolute Gasteiger partial charge is 0.269 e. The number of nitrogens with zero attached hydrogens (tertiary/aromatic N) is 3. The van der Waals surface area contributed by atoms with Crippen LogP contribution in [0.15, 0.2) is 52.3 Å². The van der Waals surface area contributed by atoms with Crippen LogP contribution in [0.1, 0.15) is 87.8 Å². The van der Waals surface area contributed by atoms with E-state index in [2.05, 4.69) is 6.92 Å². The van der Waals surface area contributed by atoms with Gasteiger partial charge in [0.25, 0.3) is 11.5 Å². The van der Waals surface area contributed by atoms with Crippen LogP contribution in [0.25, 0.3) is 11.7 Å². The van der Waals surface area contributed by atoms with Gasteiger partial charge in [-0.1, -0.05) is 113 Å². The highest BCUT2D eigenvalue weighted by molar-refractivity contribution is 8.26. The van der Waals surface area contributed by atoms with Crippen molar-refractivity contribution in [2.24, 2.45) is 0 Å². The number of aryl methyl sites for hydroxylation is 2. The average Bonchev–Trinajstić information content (AvgIpc) is 3.21. The summed E-state index contributed by atoms with van der Waals surface area (Å²) in [5.41, 5.74) is 2.22. The molecule has 1 aliphatic rings. The first-order valence-electron chi connectivity index (χ1n) is 14.4. The lowest BCUT2D eigenvalue weighted by molar-refractivity contribution is -0.122. The zero-order chi connectivity index (χ0) is 28.5. The van der Waals surface area contributed by atoms with Crippen LogP contribution in [0.3, 0.4) is 0 Å². The fourth-order valence-electron chi connectivity index (χ4n) is 4.85. The topological polar surface area (TPSA) is 63.9 Å². The van der Waals surface area contributed by atoms with E-state index in [1.807, 2.05) is 50.2 Å². The molecule has 8 heteroatoms. The Morgan fingerprint density at radius 1 is 0.900 bits per heavy atom. The number of hydrogen-bond donors (Lipinski definition) is 0. The predicted molar refractivity (Wildman–Crippen MR) is 169 cm³/mol. The average molecular weight is 578 g/mol. The third kappa shape index (κ3) is 7.40. The molecule has 0 N–H and O–H groups in total. The van der Waals surface area contributed by atoms with Gasteiger partial charge in [0, 0.05) is 12.7 Å². The van der Waals surface area contributed by atoms with Crippen LogP contribution < -0.4 is 10.3 Å². The van der Waals surface area contributed by atoms with Gasteiger partial charge in [0.2, 0.25) is 5.88 Å². The van der Waals surface area contributed by atoms with Crippen molar-refractivity contribution in [1.82, 2.24) is 14.3 Å². The summed E-state index contributed by atoms with van der Waals surface area (Å²) in [4.78, 5) is 33.8. The molecule has 3 heterocycles.